The zero-order valence-corrected chi connectivity index (χ0v) is 17.7. The fraction of sp³-hybridized carbons (Fsp3) is 0.304. The zero-order valence-electron chi connectivity index (χ0n) is 16.9. The minimum atomic E-state index is -0.0764. The first-order chi connectivity index (χ1) is 15.1. The van der Waals surface area contributed by atoms with Crippen molar-refractivity contribution >= 4 is 28.4 Å². The molecule has 1 fully saturated rings. The summed E-state index contributed by atoms with van der Waals surface area (Å²) in [5, 5.41) is 1.10. The van der Waals surface area contributed by atoms with Crippen LogP contribution in [0.2, 0.25) is 5.02 Å². The summed E-state index contributed by atoms with van der Waals surface area (Å²) in [6, 6.07) is 12.6. The normalized spacial score (nSPS) is 16.1. The molecule has 3 heterocycles. The summed E-state index contributed by atoms with van der Waals surface area (Å²) < 4.78 is 12.6. The number of amides is 1. The monoisotopic (exact) mass is 439 g/mol. The van der Waals surface area contributed by atoms with Crippen LogP contribution in [0.15, 0.2) is 53.5 Å². The third kappa shape index (κ3) is 4.11. The maximum atomic E-state index is 12.9. The summed E-state index contributed by atoms with van der Waals surface area (Å²) in [6.45, 7) is 4.20. The molecule has 0 bridgehead atoms. The quantitative estimate of drug-likeness (QED) is 0.625. The van der Waals surface area contributed by atoms with E-state index in [4.69, 9.17) is 21.1 Å². The predicted molar refractivity (Wildman–Crippen MR) is 118 cm³/mol. The molecule has 160 valence electrons. The molecule has 0 radical (unpaired) electrons. The van der Waals surface area contributed by atoms with Crippen LogP contribution in [0.5, 0.6) is 11.5 Å². The summed E-state index contributed by atoms with van der Waals surface area (Å²) in [7, 11) is 0. The van der Waals surface area contributed by atoms with Crippen LogP contribution in [-0.4, -0.2) is 53.2 Å². The molecule has 2 aromatic carbocycles. The van der Waals surface area contributed by atoms with E-state index in [2.05, 4.69) is 11.0 Å². The van der Waals surface area contributed by atoms with Crippen molar-refractivity contribution in [2.75, 3.05) is 33.0 Å². The Kier molecular flexibility index (Phi) is 5.29. The maximum absolute atomic E-state index is 12.9. The average Bonchev–Trinajstić information content (AvgIpc) is 3.24. The van der Waals surface area contributed by atoms with Gasteiger partial charge in [0.05, 0.1) is 5.52 Å². The molecule has 0 saturated carbocycles. The third-order valence-corrected chi connectivity index (χ3v) is 6.05. The van der Waals surface area contributed by atoms with Gasteiger partial charge in [-0.15, -0.1) is 0 Å². The molecule has 0 unspecified atom stereocenters. The van der Waals surface area contributed by atoms with Crippen molar-refractivity contribution in [3.63, 3.8) is 0 Å². The number of pyridine rings is 1. The molecule has 0 N–H and O–H groups in total. The van der Waals surface area contributed by atoms with Gasteiger partial charge in [0.25, 0.3) is 0 Å². The van der Waals surface area contributed by atoms with Crippen molar-refractivity contribution in [3.05, 3.63) is 69.5 Å². The number of benzene rings is 2. The van der Waals surface area contributed by atoms with Gasteiger partial charge in [0.2, 0.25) is 12.7 Å². The van der Waals surface area contributed by atoms with Crippen molar-refractivity contribution < 1.29 is 14.3 Å². The Morgan fingerprint density at radius 3 is 2.61 bits per heavy atom. The Morgan fingerprint density at radius 2 is 1.77 bits per heavy atom. The second-order valence-electron chi connectivity index (χ2n) is 7.81. The lowest BCUT2D eigenvalue weighted by atomic mass is 10.1. The molecular formula is C23H22ClN3O4. The number of fused-ring (bicyclic) bond motifs is 2. The lowest BCUT2D eigenvalue weighted by Crippen LogP contribution is -2.49. The molecule has 0 atom stereocenters. The van der Waals surface area contributed by atoms with Crippen molar-refractivity contribution in [2.24, 2.45) is 0 Å². The molecule has 0 spiro atoms. The second kappa shape index (κ2) is 8.24. The topological polar surface area (TPSA) is 64.0 Å². The average molecular weight is 440 g/mol. The summed E-state index contributed by atoms with van der Waals surface area (Å²) in [5.74, 6) is 1.61. The highest BCUT2D eigenvalue weighted by atomic mass is 35.5. The van der Waals surface area contributed by atoms with Crippen LogP contribution < -0.4 is 14.9 Å². The van der Waals surface area contributed by atoms with E-state index in [1.165, 1.54) is 11.6 Å². The SMILES string of the molecule is O=C(Cn1ccc(=O)c2ccc(Cl)cc21)N1CCN(Cc2ccc3c(c2)OCO3)CC1. The number of hydrogen-bond donors (Lipinski definition) is 0. The number of halogens is 1. The van der Waals surface area contributed by atoms with E-state index < -0.39 is 0 Å². The minimum absolute atomic E-state index is 0.0349. The first-order valence-electron chi connectivity index (χ1n) is 10.2. The highest BCUT2D eigenvalue weighted by molar-refractivity contribution is 6.31. The maximum Gasteiger partial charge on any atom is 0.242 e. The van der Waals surface area contributed by atoms with Gasteiger partial charge in [-0.1, -0.05) is 17.7 Å². The second-order valence-corrected chi connectivity index (χ2v) is 8.25. The Balaban J connectivity index is 1.22. The Labute approximate surface area is 184 Å². The summed E-state index contributed by atoms with van der Waals surface area (Å²) >= 11 is 6.11. The molecule has 1 amide bonds. The first-order valence-corrected chi connectivity index (χ1v) is 10.6. The molecule has 0 aliphatic carbocycles. The van der Waals surface area contributed by atoms with E-state index >= 15 is 0 Å². The van der Waals surface area contributed by atoms with E-state index in [0.29, 0.717) is 29.0 Å². The number of aromatic nitrogens is 1. The molecule has 1 aromatic heterocycles. The van der Waals surface area contributed by atoms with Crippen molar-refractivity contribution in [3.8, 4) is 11.5 Å². The number of rotatable bonds is 4. The van der Waals surface area contributed by atoms with E-state index in [1.807, 2.05) is 17.0 Å². The van der Waals surface area contributed by atoms with Crippen LogP contribution in [0.25, 0.3) is 10.9 Å². The molecule has 7 nitrogen and oxygen atoms in total. The van der Waals surface area contributed by atoms with Gasteiger partial charge in [0, 0.05) is 55.4 Å². The molecular weight excluding hydrogens is 418 g/mol. The molecule has 3 aromatic rings. The number of carbonyl (C=O) groups excluding carboxylic acids is 1. The van der Waals surface area contributed by atoms with Crippen molar-refractivity contribution in [1.29, 1.82) is 0 Å². The number of carbonyl (C=O) groups is 1. The van der Waals surface area contributed by atoms with Crippen LogP contribution >= 0.6 is 11.6 Å². The van der Waals surface area contributed by atoms with E-state index in [1.54, 1.807) is 29.0 Å². The van der Waals surface area contributed by atoms with Crippen LogP contribution in [0, 0.1) is 0 Å². The Morgan fingerprint density at radius 1 is 0.968 bits per heavy atom. The van der Waals surface area contributed by atoms with Gasteiger partial charge in [0.1, 0.15) is 6.54 Å². The fourth-order valence-electron chi connectivity index (χ4n) is 4.12. The molecule has 31 heavy (non-hydrogen) atoms. The molecule has 2 aliphatic heterocycles. The lowest BCUT2D eigenvalue weighted by Gasteiger charge is -2.35. The van der Waals surface area contributed by atoms with Crippen molar-refractivity contribution in [1.82, 2.24) is 14.4 Å². The number of piperazine rings is 1. The van der Waals surface area contributed by atoms with Crippen molar-refractivity contribution in [2.45, 2.75) is 13.1 Å². The molecule has 1 saturated heterocycles. The summed E-state index contributed by atoms with van der Waals surface area (Å²) in [6.07, 6.45) is 1.66. The Hall–Kier alpha value is -3.03. The van der Waals surface area contributed by atoms with Gasteiger partial charge in [-0.05, 0) is 35.9 Å². The zero-order chi connectivity index (χ0) is 21.4. The molecule has 2 aliphatic rings. The third-order valence-electron chi connectivity index (χ3n) is 5.81. The Bertz CT molecular complexity index is 1200. The summed E-state index contributed by atoms with van der Waals surface area (Å²) in [4.78, 5) is 29.2. The highest BCUT2D eigenvalue weighted by Gasteiger charge is 2.22. The lowest BCUT2D eigenvalue weighted by molar-refractivity contribution is -0.133. The van der Waals surface area contributed by atoms with Crippen LogP contribution in [0.4, 0.5) is 0 Å². The number of hydrogen-bond acceptors (Lipinski definition) is 5. The number of ether oxygens (including phenoxy) is 2. The predicted octanol–water partition coefficient (Wildman–Crippen LogP) is 2.73. The van der Waals surface area contributed by atoms with Gasteiger partial charge in [-0.3, -0.25) is 14.5 Å². The van der Waals surface area contributed by atoms with Gasteiger partial charge in [0.15, 0.2) is 16.9 Å². The van der Waals surface area contributed by atoms with Gasteiger partial charge in [-0.25, -0.2) is 0 Å². The molecule has 8 heteroatoms. The molecule has 5 rings (SSSR count). The first kappa shape index (κ1) is 19.9. The van der Waals surface area contributed by atoms with E-state index in [-0.39, 0.29) is 24.7 Å². The number of nitrogens with zero attached hydrogens (tertiary/aromatic N) is 3. The van der Waals surface area contributed by atoms with Gasteiger partial charge in [-0.2, -0.15) is 0 Å². The van der Waals surface area contributed by atoms with Gasteiger partial charge >= 0.3 is 0 Å². The highest BCUT2D eigenvalue weighted by Crippen LogP contribution is 2.32. The van der Waals surface area contributed by atoms with Crippen LogP contribution in [-0.2, 0) is 17.9 Å². The van der Waals surface area contributed by atoms with Crippen LogP contribution in [0.3, 0.4) is 0 Å². The summed E-state index contributed by atoms with van der Waals surface area (Å²) in [5.41, 5.74) is 1.77. The standard InChI is InChI=1S/C23H22ClN3O4/c24-17-2-3-18-19(12-17)27(6-5-20(18)28)14-23(29)26-9-7-25(8-10-26)13-16-1-4-21-22(11-16)31-15-30-21/h1-6,11-12H,7-10,13-15H2. The fourth-order valence-corrected chi connectivity index (χ4v) is 4.28. The van der Waals surface area contributed by atoms with Gasteiger partial charge < -0.3 is 18.9 Å². The largest absolute Gasteiger partial charge is 0.454 e. The smallest absolute Gasteiger partial charge is 0.242 e. The van der Waals surface area contributed by atoms with Crippen LogP contribution in [0.1, 0.15) is 5.56 Å². The van der Waals surface area contributed by atoms with E-state index in [9.17, 15) is 9.59 Å². The minimum Gasteiger partial charge on any atom is -0.454 e. The van der Waals surface area contributed by atoms with E-state index in [0.717, 1.165) is 31.1 Å².